The minimum atomic E-state index is 0.452. The summed E-state index contributed by atoms with van der Waals surface area (Å²) >= 11 is 1.29. The Hall–Kier alpha value is -2.94. The molecule has 0 spiro atoms. The molecular weight excluding hydrogens is 302 g/mol. The van der Waals surface area contributed by atoms with Gasteiger partial charge in [-0.15, -0.1) is 10.2 Å². The van der Waals surface area contributed by atoms with Gasteiger partial charge in [-0.2, -0.15) is 0 Å². The van der Waals surface area contributed by atoms with E-state index in [0.29, 0.717) is 27.4 Å². The normalized spacial score (nSPS) is 11.1. The zero-order valence-corrected chi connectivity index (χ0v) is 11.9. The smallest absolute Gasteiger partial charge is 0.218 e. The molecule has 4 heterocycles. The van der Waals surface area contributed by atoms with E-state index in [9.17, 15) is 0 Å². The molecule has 0 atom stereocenters. The van der Waals surface area contributed by atoms with Crippen molar-refractivity contribution >= 4 is 22.9 Å². The third-order valence-corrected chi connectivity index (χ3v) is 3.81. The van der Waals surface area contributed by atoms with Crippen LogP contribution in [0.5, 0.6) is 0 Å². The molecule has 4 rings (SSSR count). The van der Waals surface area contributed by atoms with Gasteiger partial charge >= 0.3 is 0 Å². The number of hydrogen-bond acceptors (Lipinski definition) is 8. The largest absolute Gasteiger partial charge is 0.461 e. The molecule has 22 heavy (non-hydrogen) atoms. The Bertz CT molecular complexity index is 935. The molecule has 0 aromatic carbocycles. The monoisotopic (exact) mass is 311 g/mol. The highest BCUT2D eigenvalue weighted by molar-refractivity contribution is 7.99. The molecule has 4 aromatic rings. The second-order valence-corrected chi connectivity index (χ2v) is 5.29. The minimum absolute atomic E-state index is 0.452. The molecule has 0 radical (unpaired) electrons. The maximum Gasteiger partial charge on any atom is 0.218 e. The first-order valence-corrected chi connectivity index (χ1v) is 7.13. The van der Waals surface area contributed by atoms with Crippen molar-refractivity contribution in [2.24, 2.45) is 0 Å². The average molecular weight is 311 g/mol. The van der Waals surface area contributed by atoms with Gasteiger partial charge in [-0.05, 0) is 36.0 Å². The van der Waals surface area contributed by atoms with E-state index in [-0.39, 0.29) is 0 Å². The first kappa shape index (κ1) is 12.8. The summed E-state index contributed by atoms with van der Waals surface area (Å²) in [5.41, 5.74) is 1.30. The number of fused-ring (bicyclic) bond motifs is 1. The molecule has 4 aromatic heterocycles. The summed E-state index contributed by atoms with van der Waals surface area (Å²) in [5.74, 6) is 7.02. The molecule has 0 saturated carbocycles. The molecule has 0 saturated heterocycles. The van der Waals surface area contributed by atoms with E-state index in [4.69, 9.17) is 10.3 Å². The lowest BCUT2D eigenvalue weighted by Gasteiger charge is -2.02. The lowest BCUT2D eigenvalue weighted by Crippen LogP contribution is -2.11. The number of rotatable bonds is 3. The summed E-state index contributed by atoms with van der Waals surface area (Å²) in [4.78, 5) is 12.8. The second-order valence-electron chi connectivity index (χ2n) is 4.30. The fourth-order valence-corrected chi connectivity index (χ4v) is 2.63. The summed E-state index contributed by atoms with van der Waals surface area (Å²) < 4.78 is 6.64. The van der Waals surface area contributed by atoms with E-state index in [1.807, 2.05) is 12.1 Å². The lowest BCUT2D eigenvalue weighted by atomic mass is 10.4. The van der Waals surface area contributed by atoms with E-state index < -0.39 is 0 Å². The van der Waals surface area contributed by atoms with Crippen LogP contribution in [0, 0.1) is 0 Å². The number of nitrogens with two attached hydrogens (primary N) is 1. The number of aromatic nitrogens is 6. The molecule has 2 N–H and O–H groups in total. The van der Waals surface area contributed by atoms with Crippen LogP contribution in [-0.4, -0.2) is 29.8 Å². The molecule has 0 bridgehead atoms. The Morgan fingerprint density at radius 3 is 2.86 bits per heavy atom. The zero-order valence-electron chi connectivity index (χ0n) is 11.1. The Morgan fingerprint density at radius 1 is 1.09 bits per heavy atom. The van der Waals surface area contributed by atoms with Gasteiger partial charge in [0.05, 0.1) is 6.26 Å². The molecule has 0 aliphatic rings. The molecule has 108 valence electrons. The predicted octanol–water partition coefficient (Wildman–Crippen LogP) is 1.74. The number of pyridine rings is 1. The van der Waals surface area contributed by atoms with Gasteiger partial charge in [0.15, 0.2) is 11.4 Å². The van der Waals surface area contributed by atoms with Gasteiger partial charge in [0.2, 0.25) is 11.0 Å². The van der Waals surface area contributed by atoms with E-state index in [1.165, 1.54) is 16.4 Å². The highest BCUT2D eigenvalue weighted by atomic mass is 32.2. The fraction of sp³-hybridized carbons (Fsp3) is 0. The Balaban J connectivity index is 1.68. The van der Waals surface area contributed by atoms with Gasteiger partial charge in [0, 0.05) is 12.4 Å². The summed E-state index contributed by atoms with van der Waals surface area (Å²) in [6.07, 6.45) is 4.79. The maximum atomic E-state index is 6.01. The molecule has 0 fully saturated rings. The van der Waals surface area contributed by atoms with Gasteiger partial charge in [0.25, 0.3) is 0 Å². The minimum Gasteiger partial charge on any atom is -0.461 e. The van der Waals surface area contributed by atoms with Crippen LogP contribution < -0.4 is 5.84 Å². The molecule has 0 amide bonds. The van der Waals surface area contributed by atoms with Crippen molar-refractivity contribution in [3.05, 3.63) is 42.9 Å². The zero-order chi connectivity index (χ0) is 14.9. The topological polar surface area (TPSA) is 109 Å². The standard InChI is InChI=1S/C13H9N7OS/c14-20-12(9-2-1-7-21-9)18-19-13(20)22-10-4-3-8-11(17-10)16-6-5-15-8/h1-7H,14H2. The van der Waals surface area contributed by atoms with Crippen LogP contribution in [0.25, 0.3) is 22.7 Å². The van der Waals surface area contributed by atoms with Crippen molar-refractivity contribution in [2.75, 3.05) is 5.84 Å². The summed E-state index contributed by atoms with van der Waals surface area (Å²) in [6.45, 7) is 0. The van der Waals surface area contributed by atoms with Crippen molar-refractivity contribution in [2.45, 2.75) is 10.2 Å². The van der Waals surface area contributed by atoms with Gasteiger partial charge in [-0.3, -0.25) is 4.98 Å². The number of nitrogen functional groups attached to an aromatic ring is 1. The van der Waals surface area contributed by atoms with Gasteiger partial charge in [-0.1, -0.05) is 0 Å². The summed E-state index contributed by atoms with van der Waals surface area (Å²) in [6, 6.07) is 7.22. The highest BCUT2D eigenvalue weighted by Crippen LogP contribution is 2.27. The van der Waals surface area contributed by atoms with E-state index >= 15 is 0 Å². The SMILES string of the molecule is Nn1c(Sc2ccc3nccnc3n2)nnc1-c1ccco1. The molecule has 8 nitrogen and oxygen atoms in total. The third-order valence-electron chi connectivity index (χ3n) is 2.91. The first-order valence-electron chi connectivity index (χ1n) is 6.31. The Kier molecular flexibility index (Phi) is 2.97. The second kappa shape index (κ2) is 5.11. The van der Waals surface area contributed by atoms with E-state index in [1.54, 1.807) is 30.8 Å². The molecule has 0 unspecified atom stereocenters. The Morgan fingerprint density at radius 2 is 2.00 bits per heavy atom. The van der Waals surface area contributed by atoms with Crippen LogP contribution in [0.3, 0.4) is 0 Å². The Labute approximate surface area is 128 Å². The van der Waals surface area contributed by atoms with Crippen molar-refractivity contribution in [3.63, 3.8) is 0 Å². The third kappa shape index (κ3) is 2.17. The summed E-state index contributed by atoms with van der Waals surface area (Å²) in [5, 5.41) is 9.30. The molecular formula is C13H9N7OS. The predicted molar refractivity (Wildman–Crippen MR) is 79.3 cm³/mol. The molecule has 0 aliphatic heterocycles. The van der Waals surface area contributed by atoms with Crippen molar-refractivity contribution in [3.8, 4) is 11.6 Å². The van der Waals surface area contributed by atoms with E-state index in [0.717, 1.165) is 5.52 Å². The van der Waals surface area contributed by atoms with Crippen LogP contribution in [0.2, 0.25) is 0 Å². The first-order chi connectivity index (χ1) is 10.8. The fourth-order valence-electron chi connectivity index (χ4n) is 1.91. The number of hydrogen-bond donors (Lipinski definition) is 1. The lowest BCUT2D eigenvalue weighted by molar-refractivity contribution is 0.574. The van der Waals surface area contributed by atoms with Crippen molar-refractivity contribution < 1.29 is 4.42 Å². The number of nitrogens with zero attached hydrogens (tertiary/aromatic N) is 6. The van der Waals surface area contributed by atoms with Gasteiger partial charge in [0.1, 0.15) is 10.5 Å². The summed E-state index contributed by atoms with van der Waals surface area (Å²) in [7, 11) is 0. The van der Waals surface area contributed by atoms with Crippen LogP contribution in [-0.2, 0) is 0 Å². The highest BCUT2D eigenvalue weighted by Gasteiger charge is 2.15. The molecule has 0 aliphatic carbocycles. The van der Waals surface area contributed by atoms with E-state index in [2.05, 4.69) is 25.1 Å². The van der Waals surface area contributed by atoms with Crippen LogP contribution in [0.1, 0.15) is 0 Å². The average Bonchev–Trinajstić information content (AvgIpc) is 3.18. The molecule has 9 heteroatoms. The van der Waals surface area contributed by atoms with Gasteiger partial charge < -0.3 is 10.3 Å². The van der Waals surface area contributed by atoms with Gasteiger partial charge in [-0.25, -0.2) is 14.6 Å². The van der Waals surface area contributed by atoms with Crippen molar-refractivity contribution in [1.29, 1.82) is 0 Å². The maximum absolute atomic E-state index is 6.01. The number of furan rings is 1. The van der Waals surface area contributed by atoms with Crippen molar-refractivity contribution in [1.82, 2.24) is 29.8 Å². The van der Waals surface area contributed by atoms with Crippen LogP contribution in [0.4, 0.5) is 0 Å². The van der Waals surface area contributed by atoms with Crippen LogP contribution in [0.15, 0.2) is 57.5 Å². The quantitative estimate of drug-likeness (QED) is 0.570. The van der Waals surface area contributed by atoms with Crippen LogP contribution >= 0.6 is 11.8 Å².